The molecule has 0 spiro atoms. The zero-order valence-corrected chi connectivity index (χ0v) is 11.1. The van der Waals surface area contributed by atoms with E-state index in [4.69, 9.17) is 4.74 Å². The molecule has 18 heavy (non-hydrogen) atoms. The number of aromatic nitrogens is 2. The van der Waals surface area contributed by atoms with Crippen molar-refractivity contribution in [2.45, 2.75) is 52.4 Å². The van der Waals surface area contributed by atoms with Crippen LogP contribution in [0.5, 0.6) is 0 Å². The topological polar surface area (TPSA) is 64.1 Å². The van der Waals surface area contributed by atoms with Crippen LogP contribution < -0.4 is 11.2 Å². The van der Waals surface area contributed by atoms with Crippen molar-refractivity contribution in [3.63, 3.8) is 0 Å². The molecule has 5 heteroatoms. The zero-order chi connectivity index (χ0) is 13.3. The van der Waals surface area contributed by atoms with E-state index in [2.05, 4.69) is 25.8 Å². The number of nitrogens with one attached hydrogen (secondary N) is 1. The third kappa shape index (κ3) is 2.14. The van der Waals surface area contributed by atoms with E-state index < -0.39 is 5.69 Å². The van der Waals surface area contributed by atoms with Gasteiger partial charge in [0.05, 0.1) is 6.10 Å². The van der Waals surface area contributed by atoms with E-state index in [9.17, 15) is 9.59 Å². The molecular formula is C13H20N2O3. The second-order valence-electron chi connectivity index (χ2n) is 5.22. The van der Waals surface area contributed by atoms with Gasteiger partial charge in [0.2, 0.25) is 0 Å². The van der Waals surface area contributed by atoms with Crippen molar-refractivity contribution in [3.8, 4) is 0 Å². The lowest BCUT2D eigenvalue weighted by molar-refractivity contribution is -0.0208. The summed E-state index contributed by atoms with van der Waals surface area (Å²) in [6.07, 6.45) is 4.14. The second kappa shape index (κ2) is 4.72. The first-order valence-electron chi connectivity index (χ1n) is 6.47. The quantitative estimate of drug-likeness (QED) is 0.889. The predicted octanol–water partition coefficient (Wildman–Crippen LogP) is 1.65. The standard InChI is InChI=1S/C13H20N2O3/c1-4-9-13(3,5-2)8-11(18-9)15-7-6-10(16)14-12(15)17/h6-7,9,11H,4-5,8H2,1-3H3,(H,14,16,17)/t9-,11-,13?/m0/s1. The van der Waals surface area contributed by atoms with Gasteiger partial charge >= 0.3 is 5.69 Å². The summed E-state index contributed by atoms with van der Waals surface area (Å²) in [6, 6.07) is 1.35. The molecule has 3 atom stereocenters. The van der Waals surface area contributed by atoms with Gasteiger partial charge in [-0.1, -0.05) is 20.8 Å². The van der Waals surface area contributed by atoms with Crippen molar-refractivity contribution in [2.24, 2.45) is 5.41 Å². The molecular weight excluding hydrogens is 232 g/mol. The van der Waals surface area contributed by atoms with Crippen LogP contribution in [0.1, 0.15) is 46.3 Å². The Morgan fingerprint density at radius 1 is 1.50 bits per heavy atom. The maximum Gasteiger partial charge on any atom is 0.330 e. The number of hydrogen-bond acceptors (Lipinski definition) is 3. The fraction of sp³-hybridized carbons (Fsp3) is 0.692. The molecule has 2 heterocycles. The SMILES string of the molecule is CC[C@@H]1O[C@H](n2ccc(=O)[nH]c2=O)CC1(C)CC. The summed E-state index contributed by atoms with van der Waals surface area (Å²) in [5.41, 5.74) is -0.683. The highest BCUT2D eigenvalue weighted by atomic mass is 16.5. The molecule has 0 amide bonds. The van der Waals surface area contributed by atoms with Crippen LogP contribution >= 0.6 is 0 Å². The number of H-pyrrole nitrogens is 1. The van der Waals surface area contributed by atoms with Gasteiger partial charge in [-0.05, 0) is 18.3 Å². The number of rotatable bonds is 3. The monoisotopic (exact) mass is 252 g/mol. The van der Waals surface area contributed by atoms with Crippen LogP contribution in [-0.4, -0.2) is 15.7 Å². The molecule has 1 saturated heterocycles. The molecule has 1 fully saturated rings. The molecule has 1 aliphatic heterocycles. The fourth-order valence-electron chi connectivity index (χ4n) is 2.71. The Hall–Kier alpha value is -1.36. The number of hydrogen-bond donors (Lipinski definition) is 1. The Labute approximate surface area is 106 Å². The minimum Gasteiger partial charge on any atom is -0.354 e. The summed E-state index contributed by atoms with van der Waals surface area (Å²) in [4.78, 5) is 25.1. The predicted molar refractivity (Wildman–Crippen MR) is 68.5 cm³/mol. The molecule has 0 aromatic carbocycles. The van der Waals surface area contributed by atoms with Gasteiger partial charge in [0.1, 0.15) is 6.23 Å². The summed E-state index contributed by atoms with van der Waals surface area (Å²) < 4.78 is 7.44. The highest BCUT2D eigenvalue weighted by Gasteiger charge is 2.43. The van der Waals surface area contributed by atoms with E-state index in [1.54, 1.807) is 0 Å². The number of nitrogens with zero attached hydrogens (tertiary/aromatic N) is 1. The van der Waals surface area contributed by atoms with Gasteiger partial charge in [-0.25, -0.2) is 4.79 Å². The van der Waals surface area contributed by atoms with Crippen molar-refractivity contribution >= 4 is 0 Å². The molecule has 1 aliphatic rings. The number of aromatic amines is 1. The Morgan fingerprint density at radius 2 is 2.22 bits per heavy atom. The lowest BCUT2D eigenvalue weighted by Crippen LogP contribution is -2.31. The highest BCUT2D eigenvalue weighted by molar-refractivity contribution is 4.93. The van der Waals surface area contributed by atoms with E-state index >= 15 is 0 Å². The van der Waals surface area contributed by atoms with Crippen LogP contribution in [0.25, 0.3) is 0 Å². The maximum absolute atomic E-state index is 11.7. The summed E-state index contributed by atoms with van der Waals surface area (Å²) in [5, 5.41) is 0. The average Bonchev–Trinajstić information content (AvgIpc) is 2.67. The normalized spacial score (nSPS) is 31.7. The minimum absolute atomic E-state index is 0.0923. The third-order valence-corrected chi connectivity index (χ3v) is 4.08. The van der Waals surface area contributed by atoms with E-state index in [0.717, 1.165) is 19.3 Å². The van der Waals surface area contributed by atoms with Gasteiger partial charge in [-0.15, -0.1) is 0 Å². The molecule has 0 aliphatic carbocycles. The zero-order valence-electron chi connectivity index (χ0n) is 11.1. The third-order valence-electron chi connectivity index (χ3n) is 4.08. The molecule has 0 bridgehead atoms. The molecule has 1 aromatic heterocycles. The van der Waals surface area contributed by atoms with E-state index in [1.807, 2.05) is 0 Å². The van der Waals surface area contributed by atoms with Crippen molar-refractivity contribution in [2.75, 3.05) is 0 Å². The molecule has 1 unspecified atom stereocenters. The Balaban J connectivity index is 2.32. The highest BCUT2D eigenvalue weighted by Crippen LogP contribution is 2.46. The van der Waals surface area contributed by atoms with Gasteiger partial charge in [0, 0.05) is 18.7 Å². The molecule has 0 saturated carbocycles. The van der Waals surface area contributed by atoms with Gasteiger partial charge < -0.3 is 4.74 Å². The van der Waals surface area contributed by atoms with Gasteiger partial charge in [0.15, 0.2) is 0 Å². The van der Waals surface area contributed by atoms with Crippen molar-refractivity contribution in [1.82, 2.24) is 9.55 Å². The van der Waals surface area contributed by atoms with Crippen molar-refractivity contribution < 1.29 is 4.74 Å². The summed E-state index contributed by atoms with van der Waals surface area (Å²) in [7, 11) is 0. The first kappa shape index (κ1) is 13.1. The second-order valence-corrected chi connectivity index (χ2v) is 5.22. The fourth-order valence-corrected chi connectivity index (χ4v) is 2.71. The number of ether oxygens (including phenoxy) is 1. The lowest BCUT2D eigenvalue weighted by atomic mass is 9.79. The van der Waals surface area contributed by atoms with Crippen LogP contribution in [0.4, 0.5) is 0 Å². The van der Waals surface area contributed by atoms with E-state index in [1.165, 1.54) is 16.8 Å². The molecule has 100 valence electrons. The molecule has 2 rings (SSSR count). The van der Waals surface area contributed by atoms with Crippen molar-refractivity contribution in [3.05, 3.63) is 33.1 Å². The van der Waals surface area contributed by atoms with Gasteiger partial charge in [-0.3, -0.25) is 14.3 Å². The van der Waals surface area contributed by atoms with Crippen LogP contribution in [0.15, 0.2) is 21.9 Å². The van der Waals surface area contributed by atoms with Gasteiger partial charge in [0.25, 0.3) is 5.56 Å². The van der Waals surface area contributed by atoms with Crippen LogP contribution in [0.3, 0.4) is 0 Å². The molecule has 1 aromatic rings. The average molecular weight is 252 g/mol. The van der Waals surface area contributed by atoms with Crippen LogP contribution in [-0.2, 0) is 4.74 Å². The van der Waals surface area contributed by atoms with Gasteiger partial charge in [-0.2, -0.15) is 0 Å². The van der Waals surface area contributed by atoms with E-state index in [-0.39, 0.29) is 23.3 Å². The van der Waals surface area contributed by atoms with E-state index in [0.29, 0.717) is 0 Å². The summed E-state index contributed by atoms with van der Waals surface area (Å²) in [6.45, 7) is 6.43. The molecule has 0 radical (unpaired) electrons. The lowest BCUT2D eigenvalue weighted by Gasteiger charge is -2.26. The Bertz CT molecular complexity index is 534. The summed E-state index contributed by atoms with van der Waals surface area (Å²) >= 11 is 0. The molecule has 1 N–H and O–H groups in total. The Kier molecular flexibility index (Phi) is 3.43. The largest absolute Gasteiger partial charge is 0.354 e. The first-order valence-corrected chi connectivity index (χ1v) is 6.47. The molecule has 5 nitrogen and oxygen atoms in total. The van der Waals surface area contributed by atoms with Crippen LogP contribution in [0, 0.1) is 5.41 Å². The van der Waals surface area contributed by atoms with Crippen LogP contribution in [0.2, 0.25) is 0 Å². The smallest absolute Gasteiger partial charge is 0.330 e. The first-order chi connectivity index (χ1) is 8.50. The Morgan fingerprint density at radius 3 is 2.72 bits per heavy atom. The van der Waals surface area contributed by atoms with Crippen molar-refractivity contribution in [1.29, 1.82) is 0 Å². The maximum atomic E-state index is 11.7. The summed E-state index contributed by atoms with van der Waals surface area (Å²) in [5.74, 6) is 0. The minimum atomic E-state index is -0.400.